The normalized spacial score (nSPS) is 42.4. The second-order valence-corrected chi connectivity index (χ2v) is 6.46. The summed E-state index contributed by atoms with van der Waals surface area (Å²) in [7, 11) is 0. The molecule has 3 rings (SSSR count). The number of hydrogen-bond donors (Lipinski definition) is 0. The van der Waals surface area contributed by atoms with Crippen LogP contribution in [-0.4, -0.2) is 4.32 Å². The number of fused-ring (bicyclic) bond motifs is 3. The summed E-state index contributed by atoms with van der Waals surface area (Å²) in [5.74, 6) is 2.33. The van der Waals surface area contributed by atoms with Crippen LogP contribution in [0.3, 0.4) is 0 Å². The van der Waals surface area contributed by atoms with Crippen LogP contribution in [0.5, 0.6) is 0 Å². The van der Waals surface area contributed by atoms with Crippen LogP contribution in [0.1, 0.15) is 39.0 Å². The van der Waals surface area contributed by atoms with Gasteiger partial charge in [-0.15, -0.1) is 0 Å². The van der Waals surface area contributed by atoms with E-state index in [1.807, 2.05) is 6.92 Å². The van der Waals surface area contributed by atoms with Gasteiger partial charge in [0.1, 0.15) is 4.32 Å². The molecule has 2 atom stereocenters. The molecule has 0 aromatic rings. The lowest BCUT2D eigenvalue weighted by atomic mass is 9.61. The summed E-state index contributed by atoms with van der Waals surface area (Å²) in [6.45, 7) is 2.04. The van der Waals surface area contributed by atoms with Gasteiger partial charge in [0.25, 0.3) is 0 Å². The van der Waals surface area contributed by atoms with E-state index >= 15 is 0 Å². The highest BCUT2D eigenvalue weighted by Gasteiger charge is 2.44. The number of alkyl halides is 1. The highest BCUT2D eigenvalue weighted by atomic mass is 79.9. The fourth-order valence-electron chi connectivity index (χ4n) is 3.12. The topological polar surface area (TPSA) is 23.8 Å². The third-order valence-electron chi connectivity index (χ3n) is 3.96. The fourth-order valence-corrected chi connectivity index (χ4v) is 3.69. The summed E-state index contributed by atoms with van der Waals surface area (Å²) in [5.41, 5.74) is 0. The Labute approximate surface area is 88.6 Å². The van der Waals surface area contributed by atoms with Crippen LogP contribution in [0.2, 0.25) is 0 Å². The van der Waals surface area contributed by atoms with E-state index in [-0.39, 0.29) is 4.32 Å². The first kappa shape index (κ1) is 9.52. The molecule has 3 aliphatic carbocycles. The van der Waals surface area contributed by atoms with Gasteiger partial charge < -0.3 is 0 Å². The third-order valence-corrected chi connectivity index (χ3v) is 4.73. The number of nitrogens with zero attached hydrogens (tertiary/aromatic N) is 1. The van der Waals surface area contributed by atoms with Crippen molar-refractivity contribution in [2.75, 3.05) is 0 Å². The quantitative estimate of drug-likeness (QED) is 0.645. The molecule has 0 radical (unpaired) electrons. The summed E-state index contributed by atoms with van der Waals surface area (Å²) in [5, 5.41) is 9.08. The van der Waals surface area contributed by atoms with E-state index in [9.17, 15) is 0 Å². The molecule has 0 aliphatic heterocycles. The first-order chi connectivity index (χ1) is 6.13. The minimum atomic E-state index is -0.267. The molecule has 72 valence electrons. The van der Waals surface area contributed by atoms with Gasteiger partial charge in [-0.05, 0) is 43.9 Å². The molecule has 0 spiro atoms. The van der Waals surface area contributed by atoms with Gasteiger partial charge in [-0.25, -0.2) is 0 Å². The molecular weight excluding hydrogens is 226 g/mol. The highest BCUT2D eigenvalue weighted by Crippen LogP contribution is 2.50. The predicted molar refractivity (Wildman–Crippen MR) is 56.5 cm³/mol. The van der Waals surface area contributed by atoms with Crippen molar-refractivity contribution in [3.05, 3.63) is 0 Å². The van der Waals surface area contributed by atoms with Crippen molar-refractivity contribution in [3.8, 4) is 6.07 Å². The number of halogens is 1. The van der Waals surface area contributed by atoms with E-state index < -0.39 is 0 Å². The summed E-state index contributed by atoms with van der Waals surface area (Å²) in [6.07, 6.45) is 6.82. The number of hydrogen-bond acceptors (Lipinski definition) is 1. The summed E-state index contributed by atoms with van der Waals surface area (Å²) in [4.78, 5) is 0. The molecule has 3 fully saturated rings. The van der Waals surface area contributed by atoms with E-state index in [4.69, 9.17) is 5.26 Å². The molecular formula is C11H16BrN. The fraction of sp³-hybridized carbons (Fsp3) is 0.909. The Balaban J connectivity index is 2.14. The van der Waals surface area contributed by atoms with Crippen LogP contribution >= 0.6 is 15.9 Å². The van der Waals surface area contributed by atoms with Gasteiger partial charge in [-0.2, -0.15) is 5.26 Å². The lowest BCUT2D eigenvalue weighted by Crippen LogP contribution is -2.41. The average molecular weight is 242 g/mol. The number of rotatable bonds is 1. The van der Waals surface area contributed by atoms with Gasteiger partial charge in [-0.3, -0.25) is 0 Å². The zero-order chi connectivity index (χ0) is 9.47. The maximum absolute atomic E-state index is 9.08. The Hall–Kier alpha value is -0.0300. The summed E-state index contributed by atoms with van der Waals surface area (Å²) in [6, 6.07) is 2.41. The van der Waals surface area contributed by atoms with Crippen molar-refractivity contribution in [3.63, 3.8) is 0 Å². The lowest BCUT2D eigenvalue weighted by molar-refractivity contribution is 0.0887. The van der Waals surface area contributed by atoms with Crippen molar-refractivity contribution in [1.82, 2.24) is 0 Å². The van der Waals surface area contributed by atoms with Crippen LogP contribution < -0.4 is 0 Å². The van der Waals surface area contributed by atoms with Crippen LogP contribution in [0.25, 0.3) is 0 Å². The third kappa shape index (κ3) is 1.64. The van der Waals surface area contributed by atoms with Crippen molar-refractivity contribution >= 4 is 15.9 Å². The summed E-state index contributed by atoms with van der Waals surface area (Å²) < 4.78 is -0.267. The minimum absolute atomic E-state index is 0.267. The van der Waals surface area contributed by atoms with E-state index in [1.165, 1.54) is 32.1 Å². The number of nitriles is 1. The largest absolute Gasteiger partial charge is 0.197 e. The van der Waals surface area contributed by atoms with E-state index in [0.29, 0.717) is 5.92 Å². The van der Waals surface area contributed by atoms with Crippen LogP contribution in [0.4, 0.5) is 0 Å². The van der Waals surface area contributed by atoms with Gasteiger partial charge in [0.05, 0.1) is 6.07 Å². The maximum atomic E-state index is 9.08. The molecule has 0 N–H and O–H groups in total. The molecule has 0 aromatic heterocycles. The Bertz CT molecular complexity index is 233. The highest BCUT2D eigenvalue weighted by molar-refractivity contribution is 9.10. The van der Waals surface area contributed by atoms with Gasteiger partial charge in [0, 0.05) is 0 Å². The van der Waals surface area contributed by atoms with Crippen molar-refractivity contribution in [2.45, 2.75) is 43.4 Å². The lowest BCUT2D eigenvalue weighted by Gasteiger charge is -2.46. The Morgan fingerprint density at radius 1 is 1.31 bits per heavy atom. The molecule has 2 unspecified atom stereocenters. The Kier molecular flexibility index (Phi) is 2.40. The Morgan fingerprint density at radius 2 is 1.92 bits per heavy atom. The smallest absolute Gasteiger partial charge is 0.112 e. The van der Waals surface area contributed by atoms with Crippen LogP contribution in [0, 0.1) is 29.1 Å². The predicted octanol–water partition coefficient (Wildman–Crippen LogP) is 3.49. The Morgan fingerprint density at radius 3 is 2.31 bits per heavy atom. The maximum Gasteiger partial charge on any atom is 0.112 e. The first-order valence-electron chi connectivity index (χ1n) is 5.23. The molecule has 1 nitrogen and oxygen atoms in total. The average Bonchev–Trinajstić information content (AvgIpc) is 2.19. The van der Waals surface area contributed by atoms with Gasteiger partial charge in [0.15, 0.2) is 0 Å². The SMILES string of the molecule is CC(Br)(C#N)C1CC2CCC1CC2. The zero-order valence-electron chi connectivity index (χ0n) is 8.09. The van der Waals surface area contributed by atoms with Gasteiger partial charge in [-0.1, -0.05) is 28.8 Å². The molecule has 2 heteroatoms. The minimum Gasteiger partial charge on any atom is -0.197 e. The van der Waals surface area contributed by atoms with Crippen LogP contribution in [-0.2, 0) is 0 Å². The molecule has 0 aromatic carbocycles. The zero-order valence-corrected chi connectivity index (χ0v) is 9.68. The first-order valence-corrected chi connectivity index (χ1v) is 6.03. The monoisotopic (exact) mass is 241 g/mol. The van der Waals surface area contributed by atoms with Gasteiger partial charge >= 0.3 is 0 Å². The van der Waals surface area contributed by atoms with Crippen molar-refractivity contribution in [1.29, 1.82) is 5.26 Å². The van der Waals surface area contributed by atoms with Crippen LogP contribution in [0.15, 0.2) is 0 Å². The molecule has 13 heavy (non-hydrogen) atoms. The van der Waals surface area contributed by atoms with E-state index in [0.717, 1.165) is 11.8 Å². The second-order valence-electron chi connectivity index (χ2n) is 4.81. The molecule has 0 amide bonds. The van der Waals surface area contributed by atoms with Crippen molar-refractivity contribution in [2.24, 2.45) is 17.8 Å². The molecule has 2 bridgehead atoms. The molecule has 0 heterocycles. The van der Waals surface area contributed by atoms with E-state index in [1.54, 1.807) is 0 Å². The van der Waals surface area contributed by atoms with Gasteiger partial charge in [0.2, 0.25) is 0 Å². The van der Waals surface area contributed by atoms with Crippen molar-refractivity contribution < 1.29 is 0 Å². The molecule has 0 saturated heterocycles. The molecule has 3 aliphatic rings. The molecule has 3 saturated carbocycles. The second kappa shape index (κ2) is 3.28. The summed E-state index contributed by atoms with van der Waals surface area (Å²) >= 11 is 3.58. The standard InChI is InChI=1S/C11H16BrN/c1-11(12,7-13)10-6-8-2-4-9(10)5-3-8/h8-10H,2-6H2,1H3. The van der Waals surface area contributed by atoms with E-state index in [2.05, 4.69) is 22.0 Å².